The van der Waals surface area contributed by atoms with Crippen LogP contribution in [0, 0.1) is 10.1 Å². The zero-order valence-corrected chi connectivity index (χ0v) is 12.0. The van der Waals surface area contributed by atoms with Crippen LogP contribution in [0.4, 0.5) is 11.4 Å². The molecule has 0 aromatic heterocycles. The van der Waals surface area contributed by atoms with Gasteiger partial charge in [-0.2, -0.15) is 0 Å². The second-order valence-corrected chi connectivity index (χ2v) is 5.29. The Morgan fingerprint density at radius 1 is 1.45 bits per heavy atom. The molecule has 0 bridgehead atoms. The SMILES string of the molecule is O=C(CCN1C[C@H](O)C[C@H]1CO)Nc1ccccc1[N+](=O)[O-]. The lowest BCUT2D eigenvalue weighted by Gasteiger charge is -2.21. The minimum Gasteiger partial charge on any atom is -0.395 e. The van der Waals surface area contributed by atoms with Gasteiger partial charge in [-0.3, -0.25) is 19.8 Å². The van der Waals surface area contributed by atoms with Gasteiger partial charge in [-0.15, -0.1) is 0 Å². The van der Waals surface area contributed by atoms with Gasteiger partial charge in [0.1, 0.15) is 5.69 Å². The maximum absolute atomic E-state index is 11.9. The van der Waals surface area contributed by atoms with Crippen LogP contribution in [0.3, 0.4) is 0 Å². The first-order chi connectivity index (χ1) is 10.5. The molecule has 1 aliphatic rings. The highest BCUT2D eigenvalue weighted by molar-refractivity contribution is 5.93. The summed E-state index contributed by atoms with van der Waals surface area (Å²) >= 11 is 0. The number of aliphatic hydroxyl groups is 2. The average molecular weight is 309 g/mol. The molecule has 22 heavy (non-hydrogen) atoms. The average Bonchev–Trinajstić information content (AvgIpc) is 2.85. The van der Waals surface area contributed by atoms with Gasteiger partial charge in [0.05, 0.1) is 17.6 Å². The summed E-state index contributed by atoms with van der Waals surface area (Å²) in [5.41, 5.74) is 0.0124. The Balaban J connectivity index is 1.90. The molecule has 8 nitrogen and oxygen atoms in total. The van der Waals surface area contributed by atoms with Crippen LogP contribution >= 0.6 is 0 Å². The predicted octanol–water partition coefficient (Wildman–Crippen LogP) is 0.351. The molecule has 2 rings (SSSR count). The summed E-state index contributed by atoms with van der Waals surface area (Å²) < 4.78 is 0. The van der Waals surface area contributed by atoms with Crippen molar-refractivity contribution in [1.82, 2.24) is 4.90 Å². The number of nitro groups is 1. The van der Waals surface area contributed by atoms with E-state index in [1.807, 2.05) is 4.90 Å². The molecule has 1 aliphatic heterocycles. The first-order valence-corrected chi connectivity index (χ1v) is 7.07. The molecule has 1 heterocycles. The van der Waals surface area contributed by atoms with Crippen LogP contribution in [0.25, 0.3) is 0 Å². The van der Waals surface area contributed by atoms with Gasteiger partial charge >= 0.3 is 0 Å². The van der Waals surface area contributed by atoms with E-state index >= 15 is 0 Å². The van der Waals surface area contributed by atoms with Gasteiger partial charge in [0, 0.05) is 31.6 Å². The molecule has 1 amide bonds. The number of para-hydroxylation sites is 2. The second-order valence-electron chi connectivity index (χ2n) is 5.29. The number of anilines is 1. The third-order valence-corrected chi connectivity index (χ3v) is 3.72. The highest BCUT2D eigenvalue weighted by Gasteiger charge is 2.30. The number of hydrogen-bond donors (Lipinski definition) is 3. The second kappa shape index (κ2) is 7.30. The number of aliphatic hydroxyl groups excluding tert-OH is 2. The molecular formula is C14H19N3O5. The first-order valence-electron chi connectivity index (χ1n) is 7.07. The van der Waals surface area contributed by atoms with E-state index in [0.717, 1.165) is 0 Å². The van der Waals surface area contributed by atoms with Crippen molar-refractivity contribution in [2.24, 2.45) is 0 Å². The molecule has 0 radical (unpaired) electrons. The molecule has 120 valence electrons. The van der Waals surface area contributed by atoms with Crippen molar-refractivity contribution < 1.29 is 19.9 Å². The molecule has 0 spiro atoms. The molecule has 0 saturated carbocycles. The molecule has 0 unspecified atom stereocenters. The number of nitrogens with zero attached hydrogens (tertiary/aromatic N) is 2. The van der Waals surface area contributed by atoms with Gasteiger partial charge in [0.25, 0.3) is 5.69 Å². The quantitative estimate of drug-likeness (QED) is 0.516. The molecule has 3 N–H and O–H groups in total. The molecule has 1 fully saturated rings. The normalized spacial score (nSPS) is 21.7. The van der Waals surface area contributed by atoms with E-state index in [9.17, 15) is 25.1 Å². The fourth-order valence-electron chi connectivity index (χ4n) is 2.62. The Labute approximate surface area is 127 Å². The van der Waals surface area contributed by atoms with Gasteiger partial charge in [-0.05, 0) is 12.5 Å². The van der Waals surface area contributed by atoms with Crippen LogP contribution in [0.2, 0.25) is 0 Å². The maximum Gasteiger partial charge on any atom is 0.292 e. The molecule has 1 aromatic carbocycles. The number of rotatable bonds is 6. The number of carbonyl (C=O) groups excluding carboxylic acids is 1. The minimum absolute atomic E-state index is 0.0666. The zero-order valence-electron chi connectivity index (χ0n) is 12.0. The predicted molar refractivity (Wildman–Crippen MR) is 79.4 cm³/mol. The summed E-state index contributed by atoms with van der Waals surface area (Å²) in [4.78, 5) is 24.1. The van der Waals surface area contributed by atoms with E-state index in [4.69, 9.17) is 0 Å². The van der Waals surface area contributed by atoms with E-state index in [2.05, 4.69) is 5.32 Å². The van der Waals surface area contributed by atoms with Crippen molar-refractivity contribution >= 4 is 17.3 Å². The van der Waals surface area contributed by atoms with Crippen LogP contribution in [-0.4, -0.2) is 57.8 Å². The molecule has 2 atom stereocenters. The minimum atomic E-state index is -0.547. The van der Waals surface area contributed by atoms with Crippen LogP contribution in [0.1, 0.15) is 12.8 Å². The number of carbonyl (C=O) groups is 1. The van der Waals surface area contributed by atoms with E-state index < -0.39 is 11.0 Å². The summed E-state index contributed by atoms with van der Waals surface area (Å²) in [6.07, 6.45) is 0.132. The fourth-order valence-corrected chi connectivity index (χ4v) is 2.62. The van der Waals surface area contributed by atoms with Crippen LogP contribution in [-0.2, 0) is 4.79 Å². The summed E-state index contributed by atoms with van der Waals surface area (Å²) in [5, 5.41) is 32.2. The number of nitrogens with one attached hydrogen (secondary N) is 1. The van der Waals surface area contributed by atoms with Gasteiger partial charge in [0.15, 0.2) is 0 Å². The number of nitro benzene ring substituents is 1. The summed E-state index contributed by atoms with van der Waals surface area (Å²) in [6.45, 7) is 0.738. The van der Waals surface area contributed by atoms with E-state index in [0.29, 0.717) is 19.5 Å². The van der Waals surface area contributed by atoms with E-state index in [-0.39, 0.29) is 36.4 Å². The van der Waals surface area contributed by atoms with E-state index in [1.54, 1.807) is 6.07 Å². The number of benzene rings is 1. The van der Waals surface area contributed by atoms with Crippen LogP contribution in [0.15, 0.2) is 24.3 Å². The largest absolute Gasteiger partial charge is 0.395 e. The third kappa shape index (κ3) is 4.00. The topological polar surface area (TPSA) is 116 Å². The number of likely N-dealkylation sites (tertiary alicyclic amines) is 1. The smallest absolute Gasteiger partial charge is 0.292 e. The van der Waals surface area contributed by atoms with Gasteiger partial charge in [-0.1, -0.05) is 12.1 Å². The molecule has 0 aliphatic carbocycles. The summed E-state index contributed by atoms with van der Waals surface area (Å²) in [5.74, 6) is -0.340. The molecule has 1 aromatic rings. The Morgan fingerprint density at radius 2 is 2.18 bits per heavy atom. The Hall–Kier alpha value is -2.03. The number of β-amino-alcohol motifs (C(OH)–C–C–N with tert-alkyl or cyclic N) is 1. The highest BCUT2D eigenvalue weighted by Crippen LogP contribution is 2.23. The number of amides is 1. The third-order valence-electron chi connectivity index (χ3n) is 3.72. The van der Waals surface area contributed by atoms with Crippen molar-refractivity contribution in [3.63, 3.8) is 0 Å². The van der Waals surface area contributed by atoms with Gasteiger partial charge < -0.3 is 15.5 Å². The maximum atomic E-state index is 11.9. The van der Waals surface area contributed by atoms with Crippen molar-refractivity contribution in [1.29, 1.82) is 0 Å². The summed E-state index contributed by atoms with van der Waals surface area (Å²) in [7, 11) is 0. The summed E-state index contributed by atoms with van der Waals surface area (Å²) in [6, 6.07) is 5.81. The Bertz CT molecular complexity index is 551. The number of hydrogen-bond acceptors (Lipinski definition) is 6. The van der Waals surface area contributed by atoms with Crippen molar-refractivity contribution in [2.45, 2.75) is 25.0 Å². The lowest BCUT2D eigenvalue weighted by atomic mass is 10.2. The Kier molecular flexibility index (Phi) is 5.42. The van der Waals surface area contributed by atoms with Gasteiger partial charge in [0.2, 0.25) is 5.91 Å². The lowest BCUT2D eigenvalue weighted by Crippen LogP contribution is -2.35. The monoisotopic (exact) mass is 309 g/mol. The molecule has 1 saturated heterocycles. The van der Waals surface area contributed by atoms with Crippen molar-refractivity contribution in [2.75, 3.05) is 25.0 Å². The van der Waals surface area contributed by atoms with E-state index in [1.165, 1.54) is 18.2 Å². The Morgan fingerprint density at radius 3 is 2.86 bits per heavy atom. The highest BCUT2D eigenvalue weighted by atomic mass is 16.6. The first kappa shape index (κ1) is 16.3. The fraction of sp³-hybridized carbons (Fsp3) is 0.500. The van der Waals surface area contributed by atoms with Crippen LogP contribution in [0.5, 0.6) is 0 Å². The van der Waals surface area contributed by atoms with Crippen molar-refractivity contribution in [3.05, 3.63) is 34.4 Å². The molecular weight excluding hydrogens is 290 g/mol. The van der Waals surface area contributed by atoms with Crippen LogP contribution < -0.4 is 5.32 Å². The van der Waals surface area contributed by atoms with Crippen molar-refractivity contribution in [3.8, 4) is 0 Å². The zero-order chi connectivity index (χ0) is 16.1. The lowest BCUT2D eigenvalue weighted by molar-refractivity contribution is -0.383. The standard InChI is InChI=1S/C14H19N3O5/c18-9-10-7-11(19)8-16(10)6-5-14(20)15-12-3-1-2-4-13(12)17(21)22/h1-4,10-11,18-19H,5-9H2,(H,15,20)/t10-,11+/m0/s1. The molecule has 8 heteroatoms. The van der Waals surface area contributed by atoms with Gasteiger partial charge in [-0.25, -0.2) is 0 Å².